The predicted molar refractivity (Wildman–Crippen MR) is 89.0 cm³/mol. The summed E-state index contributed by atoms with van der Waals surface area (Å²) in [5.74, 6) is 2.67. The number of nitrogens with zero attached hydrogens (tertiary/aromatic N) is 2. The van der Waals surface area contributed by atoms with Crippen LogP contribution >= 0.6 is 0 Å². The molecule has 0 atom stereocenters. The lowest BCUT2D eigenvalue weighted by atomic mass is 10.0. The van der Waals surface area contributed by atoms with Crippen molar-refractivity contribution in [2.45, 2.75) is 46.5 Å². The van der Waals surface area contributed by atoms with E-state index in [-0.39, 0.29) is 0 Å². The summed E-state index contributed by atoms with van der Waals surface area (Å²) >= 11 is 0. The molecule has 21 heavy (non-hydrogen) atoms. The molecule has 1 heterocycles. The van der Waals surface area contributed by atoms with Gasteiger partial charge in [0.05, 0.1) is 0 Å². The third-order valence-corrected chi connectivity index (χ3v) is 3.54. The second kappa shape index (κ2) is 6.57. The lowest BCUT2D eigenvalue weighted by Gasteiger charge is -2.13. The number of hydrogen-bond acceptors (Lipinski definition) is 4. The molecule has 0 saturated heterocycles. The fraction of sp³-hybridized carbons (Fsp3) is 0.412. The van der Waals surface area contributed by atoms with Crippen molar-refractivity contribution >= 4 is 17.3 Å². The smallest absolute Gasteiger partial charge is 0.139 e. The van der Waals surface area contributed by atoms with Crippen LogP contribution in [0.2, 0.25) is 0 Å². The van der Waals surface area contributed by atoms with Crippen LogP contribution in [0.5, 0.6) is 0 Å². The van der Waals surface area contributed by atoms with Gasteiger partial charge in [0.15, 0.2) is 0 Å². The Morgan fingerprint density at radius 3 is 2.38 bits per heavy atom. The maximum absolute atomic E-state index is 5.98. The van der Waals surface area contributed by atoms with E-state index in [0.29, 0.717) is 11.7 Å². The monoisotopic (exact) mass is 284 g/mol. The van der Waals surface area contributed by atoms with Crippen LogP contribution in [0, 0.1) is 6.92 Å². The molecule has 0 saturated carbocycles. The minimum atomic E-state index is 0.534. The Morgan fingerprint density at radius 1 is 1.14 bits per heavy atom. The van der Waals surface area contributed by atoms with E-state index < -0.39 is 0 Å². The van der Waals surface area contributed by atoms with Crippen molar-refractivity contribution in [2.75, 3.05) is 11.1 Å². The molecule has 0 fully saturated rings. The topological polar surface area (TPSA) is 63.8 Å². The van der Waals surface area contributed by atoms with E-state index in [1.54, 1.807) is 0 Å². The highest BCUT2D eigenvalue weighted by atomic mass is 15.1. The summed E-state index contributed by atoms with van der Waals surface area (Å²) in [6.07, 6.45) is 1.84. The van der Waals surface area contributed by atoms with Crippen LogP contribution in [0.25, 0.3) is 0 Å². The number of aromatic nitrogens is 2. The van der Waals surface area contributed by atoms with Crippen LogP contribution in [0.4, 0.5) is 17.3 Å². The Balaban J connectivity index is 2.25. The Kier molecular flexibility index (Phi) is 4.78. The molecule has 2 aromatic rings. The summed E-state index contributed by atoms with van der Waals surface area (Å²) in [5, 5.41) is 3.35. The van der Waals surface area contributed by atoms with Crippen molar-refractivity contribution < 1.29 is 0 Å². The maximum Gasteiger partial charge on any atom is 0.139 e. The van der Waals surface area contributed by atoms with Gasteiger partial charge in [-0.25, -0.2) is 9.97 Å². The standard InChI is InChI=1S/C17H24N4/c1-5-6-15-20-16(18)12(4)17(21-15)19-14-9-7-13(8-10-14)11(2)3/h7-11H,5-6H2,1-4H3,(H3,18,19,20,21). The van der Waals surface area contributed by atoms with E-state index in [0.717, 1.165) is 35.7 Å². The van der Waals surface area contributed by atoms with Gasteiger partial charge in [0, 0.05) is 17.7 Å². The second-order valence-electron chi connectivity index (χ2n) is 5.65. The molecule has 4 nitrogen and oxygen atoms in total. The first-order valence-electron chi connectivity index (χ1n) is 7.51. The average Bonchev–Trinajstić information content (AvgIpc) is 2.45. The third kappa shape index (κ3) is 3.72. The lowest BCUT2D eigenvalue weighted by Crippen LogP contribution is -2.07. The van der Waals surface area contributed by atoms with Gasteiger partial charge in [-0.2, -0.15) is 0 Å². The molecule has 0 unspecified atom stereocenters. The molecule has 2 rings (SSSR count). The predicted octanol–water partition coefficient (Wildman–Crippen LogP) is 4.19. The molecule has 0 radical (unpaired) electrons. The minimum absolute atomic E-state index is 0.534. The van der Waals surface area contributed by atoms with Crippen LogP contribution in [-0.2, 0) is 6.42 Å². The number of anilines is 3. The van der Waals surface area contributed by atoms with Crippen molar-refractivity contribution in [3.63, 3.8) is 0 Å². The van der Waals surface area contributed by atoms with Crippen molar-refractivity contribution in [1.29, 1.82) is 0 Å². The van der Waals surface area contributed by atoms with E-state index in [1.807, 2.05) is 6.92 Å². The molecule has 0 bridgehead atoms. The van der Waals surface area contributed by atoms with Crippen LogP contribution in [0.3, 0.4) is 0 Å². The number of nitrogen functional groups attached to an aromatic ring is 1. The third-order valence-electron chi connectivity index (χ3n) is 3.54. The van der Waals surface area contributed by atoms with Gasteiger partial charge in [0.25, 0.3) is 0 Å². The van der Waals surface area contributed by atoms with Gasteiger partial charge in [-0.05, 0) is 37.0 Å². The molecule has 0 amide bonds. The Bertz CT molecular complexity index is 603. The first-order valence-corrected chi connectivity index (χ1v) is 7.51. The zero-order valence-electron chi connectivity index (χ0n) is 13.3. The summed E-state index contributed by atoms with van der Waals surface area (Å²) in [6.45, 7) is 8.43. The number of hydrogen-bond donors (Lipinski definition) is 2. The van der Waals surface area contributed by atoms with Gasteiger partial charge in [-0.15, -0.1) is 0 Å². The van der Waals surface area contributed by atoms with E-state index in [9.17, 15) is 0 Å². The molecule has 4 heteroatoms. The molecule has 0 aliphatic rings. The van der Waals surface area contributed by atoms with Crippen LogP contribution < -0.4 is 11.1 Å². The summed E-state index contributed by atoms with van der Waals surface area (Å²) < 4.78 is 0. The number of nitrogens with one attached hydrogen (secondary N) is 1. The highest BCUT2D eigenvalue weighted by Crippen LogP contribution is 2.24. The van der Waals surface area contributed by atoms with E-state index >= 15 is 0 Å². The van der Waals surface area contributed by atoms with Crippen LogP contribution in [-0.4, -0.2) is 9.97 Å². The SMILES string of the molecule is CCCc1nc(N)c(C)c(Nc2ccc(C(C)C)cc2)n1. The Morgan fingerprint density at radius 2 is 1.81 bits per heavy atom. The van der Waals surface area contributed by atoms with Crippen molar-refractivity contribution in [2.24, 2.45) is 0 Å². The highest BCUT2D eigenvalue weighted by molar-refractivity contribution is 5.63. The van der Waals surface area contributed by atoms with E-state index in [1.165, 1.54) is 5.56 Å². The molecule has 0 spiro atoms. The first kappa shape index (κ1) is 15.3. The zero-order valence-corrected chi connectivity index (χ0v) is 13.3. The largest absolute Gasteiger partial charge is 0.383 e. The Hall–Kier alpha value is -2.10. The van der Waals surface area contributed by atoms with Crippen molar-refractivity contribution in [3.8, 4) is 0 Å². The summed E-state index contributed by atoms with van der Waals surface area (Å²) in [7, 11) is 0. The van der Waals surface area contributed by atoms with Crippen molar-refractivity contribution in [1.82, 2.24) is 9.97 Å². The number of aryl methyl sites for hydroxylation is 1. The maximum atomic E-state index is 5.98. The highest BCUT2D eigenvalue weighted by Gasteiger charge is 2.09. The summed E-state index contributed by atoms with van der Waals surface area (Å²) in [4.78, 5) is 8.90. The first-order chi connectivity index (χ1) is 10.0. The van der Waals surface area contributed by atoms with Crippen molar-refractivity contribution in [3.05, 3.63) is 41.2 Å². The molecule has 1 aromatic carbocycles. The minimum Gasteiger partial charge on any atom is -0.383 e. The zero-order chi connectivity index (χ0) is 15.4. The van der Waals surface area contributed by atoms with Crippen LogP contribution in [0.15, 0.2) is 24.3 Å². The summed E-state index contributed by atoms with van der Waals surface area (Å²) in [5.41, 5.74) is 9.21. The number of benzene rings is 1. The molecular formula is C17H24N4. The fourth-order valence-corrected chi connectivity index (χ4v) is 2.13. The molecular weight excluding hydrogens is 260 g/mol. The van der Waals surface area contributed by atoms with Gasteiger partial charge >= 0.3 is 0 Å². The van der Waals surface area contributed by atoms with Gasteiger partial charge in [-0.1, -0.05) is 32.9 Å². The average molecular weight is 284 g/mol. The normalized spacial score (nSPS) is 10.9. The van der Waals surface area contributed by atoms with E-state index in [2.05, 4.69) is 60.3 Å². The van der Waals surface area contributed by atoms with Gasteiger partial charge in [-0.3, -0.25) is 0 Å². The molecule has 0 aliphatic heterocycles. The molecule has 3 N–H and O–H groups in total. The second-order valence-corrected chi connectivity index (χ2v) is 5.65. The van der Waals surface area contributed by atoms with Gasteiger partial charge in [0.2, 0.25) is 0 Å². The van der Waals surface area contributed by atoms with Crippen LogP contribution in [0.1, 0.15) is 50.1 Å². The van der Waals surface area contributed by atoms with Gasteiger partial charge < -0.3 is 11.1 Å². The Labute approximate surface area is 126 Å². The van der Waals surface area contributed by atoms with Gasteiger partial charge in [0.1, 0.15) is 17.5 Å². The molecule has 112 valence electrons. The van der Waals surface area contributed by atoms with E-state index in [4.69, 9.17) is 5.73 Å². The fourth-order valence-electron chi connectivity index (χ4n) is 2.13. The lowest BCUT2D eigenvalue weighted by molar-refractivity contribution is 0.836. The number of rotatable bonds is 5. The molecule has 1 aromatic heterocycles. The molecule has 0 aliphatic carbocycles. The number of nitrogens with two attached hydrogens (primary N) is 1. The quantitative estimate of drug-likeness (QED) is 0.864. The summed E-state index contributed by atoms with van der Waals surface area (Å²) in [6, 6.07) is 8.43.